The topological polar surface area (TPSA) is 125 Å². The van der Waals surface area contributed by atoms with Crippen LogP contribution in [-0.4, -0.2) is 29.2 Å². The zero-order chi connectivity index (χ0) is 33.1. The Morgan fingerprint density at radius 2 is 1.42 bits per heavy atom. The Bertz CT molecular complexity index is 2030. The van der Waals surface area contributed by atoms with E-state index < -0.39 is 6.10 Å². The van der Waals surface area contributed by atoms with Crippen LogP contribution in [0.15, 0.2) is 138 Å². The summed E-state index contributed by atoms with van der Waals surface area (Å²) in [6.07, 6.45) is -0.127. The second-order valence-electron chi connectivity index (χ2n) is 11.2. The third-order valence-electron chi connectivity index (χ3n) is 7.67. The summed E-state index contributed by atoms with van der Waals surface area (Å²) in [5, 5.41) is 20.9. The molecule has 0 saturated carbocycles. The monoisotopic (exact) mass is 640 g/mol. The van der Waals surface area contributed by atoms with Crippen molar-refractivity contribution in [2.75, 3.05) is 23.7 Å². The normalized spacial score (nSPS) is 11.5. The Balaban J connectivity index is 1.00. The predicted octanol–water partition coefficient (Wildman–Crippen LogP) is 7.41. The standard InChI is InChI=1S/C39H36N4O5/c44-35(33-17-19-36(38-34(33)18-20-37(45)43-38)47-26-28-9-3-1-4-10-28)25-40-22-21-27-11-7-12-29(23-27)41-39(46)42-30-13-8-16-32(24-30)48-31-14-5-2-6-15-31/h1-20,23-24,35,40,44H,21-22,25-26H2,(H,43,45)(H2,41,42,46)/t35-/m0/s1. The summed E-state index contributed by atoms with van der Waals surface area (Å²) < 4.78 is 11.9. The van der Waals surface area contributed by atoms with E-state index in [0.29, 0.717) is 65.8 Å². The lowest BCUT2D eigenvalue weighted by Gasteiger charge is -2.17. The molecule has 0 fully saturated rings. The van der Waals surface area contributed by atoms with Crippen LogP contribution >= 0.6 is 0 Å². The highest BCUT2D eigenvalue weighted by molar-refractivity contribution is 5.99. The number of carbonyl (C=O) groups is 1. The number of carbonyl (C=O) groups excluding carboxylic acids is 1. The van der Waals surface area contributed by atoms with Crippen LogP contribution in [0, 0.1) is 0 Å². The minimum atomic E-state index is -0.810. The highest BCUT2D eigenvalue weighted by atomic mass is 16.5. The number of para-hydroxylation sites is 1. The van der Waals surface area contributed by atoms with E-state index in [9.17, 15) is 14.7 Å². The Labute approximate surface area is 278 Å². The van der Waals surface area contributed by atoms with E-state index in [1.807, 2.05) is 103 Å². The van der Waals surface area contributed by atoms with E-state index in [4.69, 9.17) is 9.47 Å². The molecule has 5 aromatic carbocycles. The number of rotatable bonds is 13. The summed E-state index contributed by atoms with van der Waals surface area (Å²) in [6, 6.07) is 40.5. The van der Waals surface area contributed by atoms with Crippen molar-refractivity contribution in [3.8, 4) is 17.2 Å². The van der Waals surface area contributed by atoms with Gasteiger partial charge < -0.3 is 35.5 Å². The summed E-state index contributed by atoms with van der Waals surface area (Å²) in [5.74, 6) is 1.87. The molecule has 0 aliphatic carbocycles. The molecule has 6 rings (SSSR count). The van der Waals surface area contributed by atoms with Gasteiger partial charge in [-0.05, 0) is 78.2 Å². The Morgan fingerprint density at radius 1 is 0.729 bits per heavy atom. The lowest BCUT2D eigenvalue weighted by molar-refractivity contribution is 0.176. The summed E-state index contributed by atoms with van der Waals surface area (Å²) in [7, 11) is 0. The molecular weight excluding hydrogens is 604 g/mol. The molecule has 0 unspecified atom stereocenters. The number of hydrogen-bond donors (Lipinski definition) is 5. The van der Waals surface area contributed by atoms with Crippen LogP contribution in [0.25, 0.3) is 10.9 Å². The molecule has 0 bridgehead atoms. The zero-order valence-corrected chi connectivity index (χ0v) is 26.2. The first-order valence-electron chi connectivity index (χ1n) is 15.7. The summed E-state index contributed by atoms with van der Waals surface area (Å²) in [5.41, 5.74) is 4.30. The van der Waals surface area contributed by atoms with Crippen LogP contribution in [0.2, 0.25) is 0 Å². The van der Waals surface area contributed by atoms with Crippen LogP contribution in [-0.2, 0) is 13.0 Å². The number of nitrogens with one attached hydrogen (secondary N) is 4. The predicted molar refractivity (Wildman–Crippen MR) is 189 cm³/mol. The molecule has 1 heterocycles. The molecule has 0 spiro atoms. The number of aliphatic hydroxyl groups is 1. The third kappa shape index (κ3) is 8.67. The number of pyridine rings is 1. The SMILES string of the molecule is O=C(Nc1cccc(CCNC[C@H](O)c2ccc(OCc3ccccc3)c3[nH]c(=O)ccc23)c1)Nc1cccc(Oc2ccccc2)c1. The lowest BCUT2D eigenvalue weighted by atomic mass is 10.0. The quantitative estimate of drug-likeness (QED) is 0.0838. The molecular formula is C39H36N4O5. The van der Waals surface area contributed by atoms with Crippen molar-refractivity contribution in [2.24, 2.45) is 0 Å². The number of benzene rings is 5. The minimum absolute atomic E-state index is 0.242. The average molecular weight is 641 g/mol. The van der Waals surface area contributed by atoms with E-state index in [2.05, 4.69) is 20.9 Å². The largest absolute Gasteiger partial charge is 0.487 e. The molecule has 0 radical (unpaired) electrons. The molecule has 1 atom stereocenters. The van der Waals surface area contributed by atoms with Crippen molar-refractivity contribution in [1.29, 1.82) is 0 Å². The maximum Gasteiger partial charge on any atom is 0.323 e. The molecule has 1 aromatic heterocycles. The van der Waals surface area contributed by atoms with Gasteiger partial charge in [0.05, 0.1) is 11.6 Å². The molecule has 0 saturated heterocycles. The first-order chi connectivity index (χ1) is 23.5. The first kappa shape index (κ1) is 32.1. The molecule has 0 aliphatic heterocycles. The van der Waals surface area contributed by atoms with Gasteiger partial charge in [0.1, 0.15) is 23.9 Å². The second kappa shape index (κ2) is 15.6. The van der Waals surface area contributed by atoms with E-state index >= 15 is 0 Å². The van der Waals surface area contributed by atoms with Crippen LogP contribution in [0.5, 0.6) is 17.2 Å². The van der Waals surface area contributed by atoms with Gasteiger partial charge in [0.25, 0.3) is 0 Å². The van der Waals surface area contributed by atoms with E-state index in [1.54, 1.807) is 24.3 Å². The fourth-order valence-electron chi connectivity index (χ4n) is 5.34. The first-order valence-corrected chi connectivity index (χ1v) is 15.7. The second-order valence-corrected chi connectivity index (χ2v) is 11.2. The lowest BCUT2D eigenvalue weighted by Crippen LogP contribution is -2.24. The number of fused-ring (bicyclic) bond motifs is 1. The van der Waals surface area contributed by atoms with Gasteiger partial charge in [0.15, 0.2) is 0 Å². The number of amides is 2. The fraction of sp³-hybridized carbons (Fsp3) is 0.128. The van der Waals surface area contributed by atoms with Gasteiger partial charge in [-0.25, -0.2) is 4.79 Å². The Kier molecular flexibility index (Phi) is 10.4. The number of aliphatic hydroxyl groups excluding tert-OH is 1. The number of aromatic nitrogens is 1. The van der Waals surface area contributed by atoms with Gasteiger partial charge in [-0.2, -0.15) is 0 Å². The van der Waals surface area contributed by atoms with Crippen LogP contribution in [0.3, 0.4) is 0 Å². The van der Waals surface area contributed by atoms with Gasteiger partial charge in [0, 0.05) is 35.4 Å². The Morgan fingerprint density at radius 3 is 2.21 bits per heavy atom. The summed E-state index contributed by atoms with van der Waals surface area (Å²) in [6.45, 7) is 1.27. The molecule has 48 heavy (non-hydrogen) atoms. The summed E-state index contributed by atoms with van der Waals surface area (Å²) in [4.78, 5) is 27.8. The number of anilines is 2. The van der Waals surface area contributed by atoms with Crippen molar-refractivity contribution in [2.45, 2.75) is 19.1 Å². The number of ether oxygens (including phenoxy) is 2. The van der Waals surface area contributed by atoms with Gasteiger partial charge >= 0.3 is 6.03 Å². The maximum atomic E-state index is 12.7. The molecule has 6 aromatic rings. The van der Waals surface area contributed by atoms with E-state index in [-0.39, 0.29) is 11.6 Å². The Hall–Kier alpha value is -5.90. The number of urea groups is 1. The molecule has 2 amide bonds. The van der Waals surface area contributed by atoms with Crippen LogP contribution < -0.4 is 31.0 Å². The van der Waals surface area contributed by atoms with Gasteiger partial charge in [-0.3, -0.25) is 4.79 Å². The minimum Gasteiger partial charge on any atom is -0.487 e. The molecule has 0 aliphatic rings. The fourth-order valence-corrected chi connectivity index (χ4v) is 5.34. The van der Waals surface area contributed by atoms with Crippen molar-refractivity contribution >= 4 is 28.3 Å². The van der Waals surface area contributed by atoms with Crippen molar-refractivity contribution < 1.29 is 19.4 Å². The van der Waals surface area contributed by atoms with Gasteiger partial charge in [0.2, 0.25) is 5.56 Å². The maximum absolute atomic E-state index is 12.7. The third-order valence-corrected chi connectivity index (χ3v) is 7.67. The van der Waals surface area contributed by atoms with Crippen molar-refractivity contribution in [3.63, 3.8) is 0 Å². The summed E-state index contributed by atoms with van der Waals surface area (Å²) >= 11 is 0. The van der Waals surface area contributed by atoms with Gasteiger partial charge in [-0.1, -0.05) is 72.8 Å². The van der Waals surface area contributed by atoms with Crippen LogP contribution in [0.4, 0.5) is 16.2 Å². The average Bonchev–Trinajstić information content (AvgIpc) is 3.10. The van der Waals surface area contributed by atoms with Gasteiger partial charge in [-0.15, -0.1) is 0 Å². The van der Waals surface area contributed by atoms with Crippen molar-refractivity contribution in [1.82, 2.24) is 10.3 Å². The van der Waals surface area contributed by atoms with Crippen LogP contribution in [0.1, 0.15) is 22.8 Å². The van der Waals surface area contributed by atoms with Crippen molar-refractivity contribution in [3.05, 3.63) is 161 Å². The highest BCUT2D eigenvalue weighted by Crippen LogP contribution is 2.30. The number of H-pyrrole nitrogens is 1. The number of hydrogen-bond acceptors (Lipinski definition) is 6. The molecule has 5 N–H and O–H groups in total. The molecule has 242 valence electrons. The molecule has 9 heteroatoms. The zero-order valence-electron chi connectivity index (χ0n) is 26.2. The van der Waals surface area contributed by atoms with E-state index in [1.165, 1.54) is 6.07 Å². The smallest absolute Gasteiger partial charge is 0.323 e. The number of aromatic amines is 1. The van der Waals surface area contributed by atoms with E-state index in [0.717, 1.165) is 16.5 Å². The molecule has 9 nitrogen and oxygen atoms in total. The highest BCUT2D eigenvalue weighted by Gasteiger charge is 2.15.